The largest absolute Gasteiger partial charge is 0.494 e. The zero-order valence-electron chi connectivity index (χ0n) is 12.4. The molecular weight excluding hydrogens is 268 g/mol. The molecular formula is C17H18O4. The number of ether oxygens (including phenoxy) is 3. The van der Waals surface area contributed by atoms with Gasteiger partial charge in [-0.15, -0.1) is 0 Å². The van der Waals surface area contributed by atoms with Gasteiger partial charge < -0.3 is 14.2 Å². The predicted molar refractivity (Wildman–Crippen MR) is 81.5 cm³/mol. The van der Waals surface area contributed by atoms with Crippen LogP contribution in [0.1, 0.15) is 17.3 Å². The van der Waals surface area contributed by atoms with Crippen LogP contribution in [0.2, 0.25) is 0 Å². The van der Waals surface area contributed by atoms with Crippen molar-refractivity contribution < 1.29 is 19.0 Å². The van der Waals surface area contributed by atoms with Crippen LogP contribution in [0.4, 0.5) is 0 Å². The van der Waals surface area contributed by atoms with Crippen LogP contribution < -0.4 is 14.2 Å². The van der Waals surface area contributed by atoms with Crippen molar-refractivity contribution in [2.45, 2.75) is 6.92 Å². The molecule has 0 N–H and O–H groups in total. The van der Waals surface area contributed by atoms with Crippen molar-refractivity contribution in [3.05, 3.63) is 42.0 Å². The monoisotopic (exact) mass is 286 g/mol. The van der Waals surface area contributed by atoms with Gasteiger partial charge in [-0.1, -0.05) is 12.1 Å². The van der Waals surface area contributed by atoms with Crippen molar-refractivity contribution in [1.29, 1.82) is 0 Å². The highest BCUT2D eigenvalue weighted by Crippen LogP contribution is 2.35. The number of hydrogen-bond acceptors (Lipinski definition) is 4. The maximum absolute atomic E-state index is 11.3. The number of hydrogen-bond donors (Lipinski definition) is 0. The van der Waals surface area contributed by atoms with Crippen molar-refractivity contribution >= 4 is 6.29 Å². The Kier molecular flexibility index (Phi) is 4.82. The molecule has 0 unspecified atom stereocenters. The highest BCUT2D eigenvalue weighted by atomic mass is 16.5. The van der Waals surface area contributed by atoms with Crippen molar-refractivity contribution in [3.63, 3.8) is 0 Å². The Morgan fingerprint density at radius 1 is 1.00 bits per heavy atom. The van der Waals surface area contributed by atoms with Gasteiger partial charge in [-0.25, -0.2) is 0 Å². The maximum Gasteiger partial charge on any atom is 0.161 e. The van der Waals surface area contributed by atoms with E-state index in [1.54, 1.807) is 26.4 Å². The molecule has 0 saturated heterocycles. The highest BCUT2D eigenvalue weighted by molar-refractivity contribution is 5.89. The number of carbonyl (C=O) groups excluding carboxylic acids is 1. The second kappa shape index (κ2) is 6.79. The summed E-state index contributed by atoms with van der Waals surface area (Å²) in [6.07, 6.45) is 0.813. The van der Waals surface area contributed by atoms with Gasteiger partial charge in [0, 0.05) is 5.56 Å². The van der Waals surface area contributed by atoms with Crippen LogP contribution in [0.5, 0.6) is 17.2 Å². The fraction of sp³-hybridized carbons (Fsp3) is 0.235. The molecule has 2 aromatic rings. The number of benzene rings is 2. The lowest BCUT2D eigenvalue weighted by atomic mass is 9.99. The first-order chi connectivity index (χ1) is 10.2. The van der Waals surface area contributed by atoms with Crippen LogP contribution in [0.3, 0.4) is 0 Å². The van der Waals surface area contributed by atoms with E-state index < -0.39 is 0 Å². The Morgan fingerprint density at radius 3 is 2.14 bits per heavy atom. The van der Waals surface area contributed by atoms with E-state index in [0.29, 0.717) is 23.7 Å². The molecule has 0 aliphatic carbocycles. The van der Waals surface area contributed by atoms with Crippen molar-refractivity contribution in [3.8, 4) is 28.4 Å². The topological polar surface area (TPSA) is 44.8 Å². The van der Waals surface area contributed by atoms with Crippen LogP contribution in [0, 0.1) is 0 Å². The van der Waals surface area contributed by atoms with Crippen LogP contribution in [0.15, 0.2) is 36.4 Å². The first-order valence-electron chi connectivity index (χ1n) is 6.68. The lowest BCUT2D eigenvalue weighted by Gasteiger charge is -2.12. The minimum absolute atomic E-state index is 0.536. The minimum atomic E-state index is 0.536. The van der Waals surface area contributed by atoms with Crippen LogP contribution in [0.25, 0.3) is 11.1 Å². The molecule has 21 heavy (non-hydrogen) atoms. The number of carbonyl (C=O) groups is 1. The second-order valence-corrected chi connectivity index (χ2v) is 4.37. The summed E-state index contributed by atoms with van der Waals surface area (Å²) in [7, 11) is 3.11. The van der Waals surface area contributed by atoms with E-state index in [1.165, 1.54) is 0 Å². The zero-order chi connectivity index (χ0) is 15.2. The summed E-state index contributed by atoms with van der Waals surface area (Å²) in [5.41, 5.74) is 2.27. The van der Waals surface area contributed by atoms with E-state index in [4.69, 9.17) is 14.2 Å². The molecule has 2 rings (SSSR count). The Labute approximate surface area is 124 Å². The van der Waals surface area contributed by atoms with Gasteiger partial charge in [0.05, 0.1) is 20.8 Å². The molecule has 0 aliphatic heterocycles. The molecule has 4 heteroatoms. The van der Waals surface area contributed by atoms with Crippen LogP contribution in [-0.4, -0.2) is 27.1 Å². The summed E-state index contributed by atoms with van der Waals surface area (Å²) in [5.74, 6) is 1.93. The number of rotatable bonds is 6. The molecule has 0 aromatic heterocycles. The summed E-state index contributed by atoms with van der Waals surface area (Å²) in [5, 5.41) is 0. The lowest BCUT2D eigenvalue weighted by molar-refractivity contribution is 0.112. The highest BCUT2D eigenvalue weighted by Gasteiger charge is 2.12. The summed E-state index contributed by atoms with van der Waals surface area (Å²) in [4.78, 5) is 11.3. The molecule has 0 saturated carbocycles. The SMILES string of the molecule is CCOc1ccc(-c2cc(OC)c(OC)cc2C=O)cc1. The summed E-state index contributed by atoms with van der Waals surface area (Å²) < 4.78 is 15.9. The van der Waals surface area contributed by atoms with E-state index in [0.717, 1.165) is 23.2 Å². The smallest absolute Gasteiger partial charge is 0.161 e. The third kappa shape index (κ3) is 3.16. The molecule has 0 amide bonds. The van der Waals surface area contributed by atoms with E-state index in [2.05, 4.69) is 0 Å². The Bertz CT molecular complexity index is 617. The van der Waals surface area contributed by atoms with E-state index in [-0.39, 0.29) is 0 Å². The molecule has 0 heterocycles. The van der Waals surface area contributed by atoms with Gasteiger partial charge in [0.25, 0.3) is 0 Å². The minimum Gasteiger partial charge on any atom is -0.494 e. The molecule has 4 nitrogen and oxygen atoms in total. The summed E-state index contributed by atoms with van der Waals surface area (Å²) in [6, 6.07) is 11.1. The zero-order valence-corrected chi connectivity index (χ0v) is 12.4. The molecule has 0 radical (unpaired) electrons. The third-order valence-corrected chi connectivity index (χ3v) is 3.16. The van der Waals surface area contributed by atoms with Gasteiger partial charge in [0.1, 0.15) is 5.75 Å². The van der Waals surface area contributed by atoms with Gasteiger partial charge in [0.2, 0.25) is 0 Å². The van der Waals surface area contributed by atoms with Crippen LogP contribution in [-0.2, 0) is 0 Å². The molecule has 0 atom stereocenters. The predicted octanol–water partition coefficient (Wildman–Crippen LogP) is 3.58. The molecule has 0 spiro atoms. The maximum atomic E-state index is 11.3. The fourth-order valence-electron chi connectivity index (χ4n) is 2.14. The van der Waals surface area contributed by atoms with Gasteiger partial charge in [-0.3, -0.25) is 4.79 Å². The van der Waals surface area contributed by atoms with Crippen molar-refractivity contribution in [2.75, 3.05) is 20.8 Å². The van der Waals surface area contributed by atoms with E-state index in [1.807, 2.05) is 31.2 Å². The Hall–Kier alpha value is -2.49. The van der Waals surface area contributed by atoms with Crippen molar-refractivity contribution in [2.24, 2.45) is 0 Å². The van der Waals surface area contributed by atoms with E-state index >= 15 is 0 Å². The first-order valence-corrected chi connectivity index (χ1v) is 6.68. The molecule has 110 valence electrons. The Morgan fingerprint density at radius 2 is 1.62 bits per heavy atom. The molecule has 0 aliphatic rings. The first kappa shape index (κ1) is 14.9. The van der Waals surface area contributed by atoms with Gasteiger partial charge in [0.15, 0.2) is 17.8 Å². The summed E-state index contributed by atoms with van der Waals surface area (Å²) >= 11 is 0. The molecule has 0 bridgehead atoms. The fourth-order valence-corrected chi connectivity index (χ4v) is 2.14. The average Bonchev–Trinajstić information content (AvgIpc) is 2.54. The number of aldehydes is 1. The standard InChI is InChI=1S/C17H18O4/c1-4-21-14-7-5-12(6-8-14)15-10-17(20-3)16(19-2)9-13(15)11-18/h5-11H,4H2,1-3H3. The summed E-state index contributed by atoms with van der Waals surface area (Å²) in [6.45, 7) is 2.56. The van der Waals surface area contributed by atoms with Gasteiger partial charge in [-0.05, 0) is 42.3 Å². The molecule has 2 aromatic carbocycles. The lowest BCUT2D eigenvalue weighted by Crippen LogP contribution is -1.96. The van der Waals surface area contributed by atoms with Gasteiger partial charge >= 0.3 is 0 Å². The average molecular weight is 286 g/mol. The van der Waals surface area contributed by atoms with Crippen molar-refractivity contribution in [1.82, 2.24) is 0 Å². The second-order valence-electron chi connectivity index (χ2n) is 4.37. The van der Waals surface area contributed by atoms with Crippen LogP contribution >= 0.6 is 0 Å². The van der Waals surface area contributed by atoms with E-state index in [9.17, 15) is 4.79 Å². The van der Waals surface area contributed by atoms with Gasteiger partial charge in [-0.2, -0.15) is 0 Å². The quantitative estimate of drug-likeness (QED) is 0.761. The normalized spacial score (nSPS) is 10.0. The molecule has 0 fully saturated rings. The third-order valence-electron chi connectivity index (χ3n) is 3.16. The number of methoxy groups -OCH3 is 2. The Balaban J connectivity index is 2.48.